The van der Waals surface area contributed by atoms with Crippen LogP contribution in [0.15, 0.2) is 82.7 Å². The Morgan fingerprint density at radius 1 is 1.10 bits per heavy atom. The Bertz CT molecular complexity index is 1160. The number of ether oxygens (including phenoxy) is 1. The van der Waals surface area contributed by atoms with Crippen molar-refractivity contribution >= 4 is 30.5 Å². The Morgan fingerprint density at radius 2 is 1.76 bits per heavy atom. The van der Waals surface area contributed by atoms with Gasteiger partial charge in [-0.2, -0.15) is 9.78 Å². The Morgan fingerprint density at radius 3 is 2.41 bits per heavy atom. The Balaban J connectivity index is 2.00. The average Bonchev–Trinajstić information content (AvgIpc) is 2.76. The van der Waals surface area contributed by atoms with E-state index >= 15 is 0 Å². The van der Waals surface area contributed by atoms with Crippen molar-refractivity contribution in [2.24, 2.45) is 5.10 Å². The van der Waals surface area contributed by atoms with Crippen molar-refractivity contribution in [3.8, 4) is 0 Å². The number of carbonyl (C=O) groups excluding carboxylic acids is 1. The number of allylic oxidation sites excluding steroid dienone is 1. The highest BCUT2D eigenvalue weighted by Crippen LogP contribution is 2.06. The van der Waals surface area contributed by atoms with E-state index < -0.39 is 11.5 Å². The van der Waals surface area contributed by atoms with E-state index in [0.29, 0.717) is 0 Å². The first kappa shape index (κ1) is 20.2. The van der Waals surface area contributed by atoms with Gasteiger partial charge in [-0.15, -0.1) is 0 Å². The molecule has 0 amide bonds. The zero-order chi connectivity index (χ0) is 20.6. The van der Waals surface area contributed by atoms with Gasteiger partial charge in [0.1, 0.15) is 0 Å². The van der Waals surface area contributed by atoms with E-state index in [9.17, 15) is 9.59 Å². The number of carbonyl (C=O) groups is 1. The first-order chi connectivity index (χ1) is 14.1. The summed E-state index contributed by atoms with van der Waals surface area (Å²) in [6.45, 7) is 0.273. The second-order valence-corrected chi connectivity index (χ2v) is 6.43. The van der Waals surface area contributed by atoms with Crippen LogP contribution >= 0.6 is 12.2 Å². The molecule has 6 nitrogen and oxygen atoms in total. The van der Waals surface area contributed by atoms with Crippen LogP contribution in [-0.2, 0) is 11.3 Å². The van der Waals surface area contributed by atoms with Crippen molar-refractivity contribution in [3.63, 3.8) is 0 Å². The van der Waals surface area contributed by atoms with Gasteiger partial charge in [0, 0.05) is 12.3 Å². The maximum absolute atomic E-state index is 12.6. The molecule has 2 aromatic carbocycles. The maximum Gasteiger partial charge on any atom is 0.357 e. The predicted octanol–water partition coefficient (Wildman–Crippen LogP) is 3.76. The van der Waals surface area contributed by atoms with Crippen LogP contribution in [0.25, 0.3) is 6.08 Å². The van der Waals surface area contributed by atoms with Gasteiger partial charge in [0.05, 0.1) is 13.7 Å². The molecule has 0 N–H and O–H groups in total. The highest BCUT2D eigenvalue weighted by molar-refractivity contribution is 7.71. The van der Waals surface area contributed by atoms with E-state index in [2.05, 4.69) is 5.10 Å². The second kappa shape index (κ2) is 9.57. The van der Waals surface area contributed by atoms with Gasteiger partial charge in [0.25, 0.3) is 5.56 Å². The van der Waals surface area contributed by atoms with Gasteiger partial charge in [-0.1, -0.05) is 66.7 Å². The predicted molar refractivity (Wildman–Crippen MR) is 116 cm³/mol. The molecule has 7 heteroatoms. The third kappa shape index (κ3) is 5.03. The molecule has 3 rings (SSSR count). The summed E-state index contributed by atoms with van der Waals surface area (Å²) >= 11 is 5.46. The molecule has 1 heterocycles. The molecule has 0 aliphatic heterocycles. The third-order valence-electron chi connectivity index (χ3n) is 4.10. The molecular formula is C22H19N3O3S. The van der Waals surface area contributed by atoms with Gasteiger partial charge in [0.15, 0.2) is 5.69 Å². The number of hydrogen-bond acceptors (Lipinski definition) is 5. The SMILES string of the molecule is COC(=O)c1cc(=O)n(Cc2ccccc2)c(=S)n1/N=C/C=C/c1ccccc1. The fraction of sp³-hybridized carbons (Fsp3) is 0.0909. The lowest BCUT2D eigenvalue weighted by Crippen LogP contribution is -2.28. The summed E-state index contributed by atoms with van der Waals surface area (Å²) < 4.78 is 7.50. The normalized spacial score (nSPS) is 11.2. The number of esters is 1. The van der Waals surface area contributed by atoms with Crippen molar-refractivity contribution in [2.75, 3.05) is 7.11 Å². The molecule has 3 aromatic rings. The van der Waals surface area contributed by atoms with Gasteiger partial charge in [-0.05, 0) is 29.4 Å². The summed E-state index contributed by atoms with van der Waals surface area (Å²) in [6.07, 6.45) is 5.10. The Kier molecular flexibility index (Phi) is 6.65. The second-order valence-electron chi connectivity index (χ2n) is 6.06. The van der Waals surface area contributed by atoms with Crippen LogP contribution in [0.1, 0.15) is 21.6 Å². The molecule has 0 radical (unpaired) electrons. The lowest BCUT2D eigenvalue weighted by molar-refractivity contribution is 0.0587. The molecule has 1 aromatic heterocycles. The largest absolute Gasteiger partial charge is 0.464 e. The molecule has 0 spiro atoms. The summed E-state index contributed by atoms with van der Waals surface area (Å²) in [4.78, 5) is 24.7. The zero-order valence-corrected chi connectivity index (χ0v) is 16.6. The first-order valence-corrected chi connectivity index (χ1v) is 9.26. The van der Waals surface area contributed by atoms with E-state index in [1.165, 1.54) is 28.6 Å². The van der Waals surface area contributed by atoms with Gasteiger partial charge >= 0.3 is 5.97 Å². The van der Waals surface area contributed by atoms with Gasteiger partial charge in [0.2, 0.25) is 4.77 Å². The standard InChI is InChI=1S/C22H19N3O3S/c1-28-21(27)19-15-20(26)24(16-18-11-6-3-7-12-18)22(29)25(19)23-14-8-13-17-9-4-2-5-10-17/h2-15H,16H2,1H3/b13-8+,23-14+. The van der Waals surface area contributed by atoms with Crippen LogP contribution < -0.4 is 5.56 Å². The summed E-state index contributed by atoms with van der Waals surface area (Å²) in [5, 5.41) is 4.27. The van der Waals surface area contributed by atoms with E-state index in [-0.39, 0.29) is 17.0 Å². The zero-order valence-electron chi connectivity index (χ0n) is 15.8. The third-order valence-corrected chi connectivity index (χ3v) is 4.49. The molecule has 0 atom stereocenters. The number of nitrogens with zero attached hydrogens (tertiary/aromatic N) is 3. The fourth-order valence-electron chi connectivity index (χ4n) is 2.66. The Hall–Kier alpha value is -3.58. The van der Waals surface area contributed by atoms with Crippen LogP contribution in [0.2, 0.25) is 0 Å². The summed E-state index contributed by atoms with van der Waals surface area (Å²) in [6, 6.07) is 20.3. The maximum atomic E-state index is 12.6. The van der Waals surface area contributed by atoms with Crippen molar-refractivity contribution < 1.29 is 9.53 Å². The number of methoxy groups -OCH3 is 1. The van der Waals surface area contributed by atoms with E-state index in [1.807, 2.05) is 66.7 Å². The van der Waals surface area contributed by atoms with Gasteiger partial charge in [-0.3, -0.25) is 9.36 Å². The Labute approximate surface area is 173 Å². The van der Waals surface area contributed by atoms with Crippen LogP contribution in [-0.4, -0.2) is 28.5 Å². The number of hydrogen-bond donors (Lipinski definition) is 0. The lowest BCUT2D eigenvalue weighted by Gasteiger charge is -2.12. The average molecular weight is 405 g/mol. The van der Waals surface area contributed by atoms with Crippen LogP contribution in [0.5, 0.6) is 0 Å². The van der Waals surface area contributed by atoms with Crippen molar-refractivity contribution in [2.45, 2.75) is 6.54 Å². The van der Waals surface area contributed by atoms with E-state index in [4.69, 9.17) is 17.0 Å². The molecule has 0 saturated heterocycles. The minimum atomic E-state index is -0.691. The number of aromatic nitrogens is 2. The molecule has 0 saturated carbocycles. The molecule has 0 fully saturated rings. The smallest absolute Gasteiger partial charge is 0.357 e. The van der Waals surface area contributed by atoms with Crippen LogP contribution in [0.3, 0.4) is 0 Å². The van der Waals surface area contributed by atoms with E-state index in [1.54, 1.807) is 6.08 Å². The summed E-state index contributed by atoms with van der Waals surface area (Å²) in [5.41, 5.74) is 1.48. The minimum Gasteiger partial charge on any atom is -0.464 e. The fourth-order valence-corrected chi connectivity index (χ4v) is 2.96. The minimum absolute atomic E-state index is 0.0313. The highest BCUT2D eigenvalue weighted by Gasteiger charge is 2.15. The van der Waals surface area contributed by atoms with Crippen molar-refractivity contribution in [1.82, 2.24) is 9.24 Å². The molecule has 0 bridgehead atoms. The quantitative estimate of drug-likeness (QED) is 0.356. The highest BCUT2D eigenvalue weighted by atomic mass is 32.1. The summed E-state index contributed by atoms with van der Waals surface area (Å²) in [5.74, 6) is -0.691. The van der Waals surface area contributed by atoms with Gasteiger partial charge < -0.3 is 4.74 Å². The topological polar surface area (TPSA) is 65.6 Å². The molecule has 0 aliphatic carbocycles. The number of rotatable bonds is 6. The molecule has 0 aliphatic rings. The molecule has 0 unspecified atom stereocenters. The van der Waals surface area contributed by atoms with Crippen LogP contribution in [0.4, 0.5) is 0 Å². The first-order valence-electron chi connectivity index (χ1n) is 8.85. The monoisotopic (exact) mass is 405 g/mol. The van der Waals surface area contributed by atoms with Crippen LogP contribution in [0, 0.1) is 4.77 Å². The summed E-state index contributed by atoms with van der Waals surface area (Å²) in [7, 11) is 1.24. The molecule has 29 heavy (non-hydrogen) atoms. The van der Waals surface area contributed by atoms with Gasteiger partial charge in [-0.25, -0.2) is 4.79 Å². The number of benzene rings is 2. The molecule has 146 valence electrons. The van der Waals surface area contributed by atoms with Crippen molar-refractivity contribution in [1.29, 1.82) is 0 Å². The molecular weight excluding hydrogens is 386 g/mol. The van der Waals surface area contributed by atoms with E-state index in [0.717, 1.165) is 11.1 Å². The lowest BCUT2D eigenvalue weighted by atomic mass is 10.2. The van der Waals surface area contributed by atoms with Crippen molar-refractivity contribution in [3.05, 3.63) is 105 Å².